The lowest BCUT2D eigenvalue weighted by molar-refractivity contribution is -0.383. The number of aliphatic hydroxyl groups excluding tert-OH is 1. The van der Waals surface area contributed by atoms with Crippen molar-refractivity contribution in [2.24, 2.45) is 0 Å². The van der Waals surface area contributed by atoms with E-state index in [0.29, 0.717) is 5.39 Å². The maximum Gasteiger partial charge on any atom is 0.418 e. The number of nitro groups is 1. The Morgan fingerprint density at radius 2 is 1.89 bits per heavy atom. The quantitative estimate of drug-likeness (QED) is 0.673. The number of nitro benzene ring substituents is 1. The second-order valence-corrected chi connectivity index (χ2v) is 3.96. The van der Waals surface area contributed by atoms with Gasteiger partial charge >= 0.3 is 6.18 Å². The Morgan fingerprint density at radius 3 is 2.47 bits per heavy atom. The zero-order chi connectivity index (χ0) is 14.2. The van der Waals surface area contributed by atoms with Crippen molar-refractivity contribution in [2.45, 2.75) is 12.3 Å². The Kier molecular flexibility index (Phi) is 3.15. The standard InChI is InChI=1S/C12H8F3NO3/c13-12(14,15)11(17)8-5-4-7-2-1-3-10(16(18)19)9(7)6-8/h1-6,11,17H. The van der Waals surface area contributed by atoms with Crippen LogP contribution < -0.4 is 0 Å². The van der Waals surface area contributed by atoms with Crippen LogP contribution in [0, 0.1) is 10.1 Å². The molecule has 0 aromatic heterocycles. The number of hydrogen-bond acceptors (Lipinski definition) is 3. The summed E-state index contributed by atoms with van der Waals surface area (Å²) in [6, 6.07) is 7.60. The number of hydrogen-bond donors (Lipinski definition) is 1. The van der Waals surface area contributed by atoms with Gasteiger partial charge in [-0.2, -0.15) is 13.2 Å². The van der Waals surface area contributed by atoms with Gasteiger partial charge in [-0.25, -0.2) is 0 Å². The first-order valence-corrected chi connectivity index (χ1v) is 5.22. The Balaban J connectivity index is 2.62. The second-order valence-electron chi connectivity index (χ2n) is 3.96. The van der Waals surface area contributed by atoms with Gasteiger partial charge < -0.3 is 5.11 Å². The topological polar surface area (TPSA) is 63.4 Å². The molecule has 7 heteroatoms. The van der Waals surface area contributed by atoms with Crippen molar-refractivity contribution in [3.8, 4) is 0 Å². The van der Waals surface area contributed by atoms with Gasteiger partial charge in [0, 0.05) is 6.07 Å². The zero-order valence-corrected chi connectivity index (χ0v) is 9.39. The molecule has 0 aliphatic rings. The Hall–Kier alpha value is -2.15. The summed E-state index contributed by atoms with van der Waals surface area (Å²) < 4.78 is 37.2. The molecule has 0 bridgehead atoms. The highest BCUT2D eigenvalue weighted by molar-refractivity contribution is 5.91. The molecule has 2 aromatic rings. The molecule has 0 heterocycles. The van der Waals surface area contributed by atoms with Crippen molar-refractivity contribution >= 4 is 16.5 Å². The van der Waals surface area contributed by atoms with E-state index in [-0.39, 0.29) is 11.1 Å². The van der Waals surface area contributed by atoms with Gasteiger partial charge in [0.05, 0.1) is 10.3 Å². The Labute approximate surface area is 105 Å². The van der Waals surface area contributed by atoms with E-state index in [9.17, 15) is 23.3 Å². The van der Waals surface area contributed by atoms with Gasteiger partial charge in [0.25, 0.3) is 5.69 Å². The minimum absolute atomic E-state index is 0.0632. The number of aliphatic hydroxyl groups is 1. The first-order valence-electron chi connectivity index (χ1n) is 5.22. The lowest BCUT2D eigenvalue weighted by Gasteiger charge is -2.15. The molecule has 1 atom stereocenters. The van der Waals surface area contributed by atoms with Crippen LogP contribution in [0.25, 0.3) is 10.8 Å². The summed E-state index contributed by atoms with van der Waals surface area (Å²) >= 11 is 0. The van der Waals surface area contributed by atoms with E-state index in [0.717, 1.165) is 12.1 Å². The predicted molar refractivity (Wildman–Crippen MR) is 61.6 cm³/mol. The summed E-state index contributed by atoms with van der Waals surface area (Å²) in [6.07, 6.45) is -7.46. The van der Waals surface area contributed by atoms with E-state index in [1.54, 1.807) is 6.07 Å². The molecule has 0 fully saturated rings. The summed E-state index contributed by atoms with van der Waals surface area (Å²) in [4.78, 5) is 10.1. The summed E-state index contributed by atoms with van der Waals surface area (Å²) in [5.74, 6) is 0. The number of benzene rings is 2. The first-order chi connectivity index (χ1) is 8.80. The SMILES string of the molecule is O=[N+]([O-])c1cccc2ccc(C(O)C(F)(F)F)cc12. The number of rotatable bonds is 2. The molecule has 1 N–H and O–H groups in total. The highest BCUT2D eigenvalue weighted by Gasteiger charge is 2.39. The number of nitrogens with zero attached hydrogens (tertiary/aromatic N) is 1. The van der Waals surface area contributed by atoms with Crippen molar-refractivity contribution in [1.29, 1.82) is 0 Å². The molecular weight excluding hydrogens is 263 g/mol. The summed E-state index contributed by atoms with van der Waals surface area (Å²) in [7, 11) is 0. The van der Waals surface area contributed by atoms with E-state index < -0.39 is 22.8 Å². The van der Waals surface area contributed by atoms with E-state index in [1.807, 2.05) is 0 Å². The van der Waals surface area contributed by atoms with Crippen LogP contribution in [-0.4, -0.2) is 16.2 Å². The largest absolute Gasteiger partial charge is 0.418 e. The number of non-ortho nitro benzene ring substituents is 1. The maximum absolute atomic E-state index is 12.4. The minimum atomic E-state index is -4.81. The lowest BCUT2D eigenvalue weighted by Crippen LogP contribution is -2.20. The van der Waals surface area contributed by atoms with Crippen molar-refractivity contribution in [3.63, 3.8) is 0 Å². The molecule has 0 amide bonds. The fourth-order valence-corrected chi connectivity index (χ4v) is 1.79. The third kappa shape index (κ3) is 2.50. The molecule has 2 aromatic carbocycles. The summed E-state index contributed by atoms with van der Waals surface area (Å²) in [5.41, 5.74) is -0.719. The smallest absolute Gasteiger partial charge is 0.379 e. The fourth-order valence-electron chi connectivity index (χ4n) is 1.79. The molecule has 0 spiro atoms. The van der Waals surface area contributed by atoms with E-state index in [4.69, 9.17) is 5.11 Å². The molecule has 0 radical (unpaired) electrons. The van der Waals surface area contributed by atoms with Crippen LogP contribution in [0.2, 0.25) is 0 Å². The van der Waals surface area contributed by atoms with Gasteiger partial charge in [0.1, 0.15) is 0 Å². The predicted octanol–water partition coefficient (Wildman–Crippen LogP) is 3.34. The Morgan fingerprint density at radius 1 is 1.21 bits per heavy atom. The van der Waals surface area contributed by atoms with Crippen LogP contribution >= 0.6 is 0 Å². The maximum atomic E-state index is 12.4. The molecule has 1 unspecified atom stereocenters. The monoisotopic (exact) mass is 271 g/mol. The van der Waals surface area contributed by atoms with E-state index >= 15 is 0 Å². The van der Waals surface area contributed by atoms with E-state index in [2.05, 4.69) is 0 Å². The molecule has 0 aliphatic carbocycles. The highest BCUT2D eigenvalue weighted by atomic mass is 19.4. The van der Waals surface area contributed by atoms with Crippen LogP contribution in [0.3, 0.4) is 0 Å². The molecule has 0 aliphatic heterocycles. The molecule has 0 saturated carbocycles. The third-order valence-electron chi connectivity index (χ3n) is 2.71. The molecule has 2 rings (SSSR count). The average molecular weight is 271 g/mol. The molecular formula is C12H8F3NO3. The number of fused-ring (bicyclic) bond motifs is 1. The van der Waals surface area contributed by atoms with Gasteiger partial charge in [-0.05, 0) is 17.0 Å². The van der Waals surface area contributed by atoms with Gasteiger partial charge in [-0.1, -0.05) is 24.3 Å². The van der Waals surface area contributed by atoms with Gasteiger partial charge in [0.15, 0.2) is 6.10 Å². The van der Waals surface area contributed by atoms with Crippen molar-refractivity contribution in [1.82, 2.24) is 0 Å². The molecule has 0 saturated heterocycles. The van der Waals surface area contributed by atoms with Crippen LogP contribution in [0.1, 0.15) is 11.7 Å². The van der Waals surface area contributed by atoms with Gasteiger partial charge in [-0.3, -0.25) is 10.1 Å². The van der Waals surface area contributed by atoms with E-state index in [1.165, 1.54) is 18.2 Å². The van der Waals surface area contributed by atoms with Crippen LogP contribution in [0.4, 0.5) is 18.9 Å². The number of alkyl halides is 3. The first kappa shape index (κ1) is 13.3. The highest BCUT2D eigenvalue weighted by Crippen LogP contribution is 2.35. The summed E-state index contributed by atoms with van der Waals surface area (Å²) in [5, 5.41) is 20.5. The average Bonchev–Trinajstić information content (AvgIpc) is 2.35. The van der Waals surface area contributed by atoms with Crippen LogP contribution in [0.5, 0.6) is 0 Å². The molecule has 19 heavy (non-hydrogen) atoms. The van der Waals surface area contributed by atoms with Gasteiger partial charge in [0.2, 0.25) is 0 Å². The van der Waals surface area contributed by atoms with Crippen molar-refractivity contribution in [3.05, 3.63) is 52.1 Å². The van der Waals surface area contributed by atoms with Crippen molar-refractivity contribution < 1.29 is 23.2 Å². The fraction of sp³-hybridized carbons (Fsp3) is 0.167. The van der Waals surface area contributed by atoms with Gasteiger partial charge in [-0.15, -0.1) is 0 Å². The third-order valence-corrected chi connectivity index (χ3v) is 2.71. The summed E-state index contributed by atoms with van der Waals surface area (Å²) in [6.45, 7) is 0. The Bertz CT molecular complexity index is 640. The second kappa shape index (κ2) is 4.51. The normalized spacial score (nSPS) is 13.5. The molecule has 4 nitrogen and oxygen atoms in total. The molecule has 100 valence electrons. The van der Waals surface area contributed by atoms with Crippen LogP contribution in [-0.2, 0) is 0 Å². The zero-order valence-electron chi connectivity index (χ0n) is 9.39. The minimum Gasteiger partial charge on any atom is -0.379 e. The lowest BCUT2D eigenvalue weighted by atomic mass is 10.0. The van der Waals surface area contributed by atoms with Crippen molar-refractivity contribution in [2.75, 3.05) is 0 Å². The van der Waals surface area contributed by atoms with Crippen LogP contribution in [0.15, 0.2) is 36.4 Å². The number of halogens is 3.